The second kappa shape index (κ2) is 7.16. The number of carbonyl (C=O) groups excluding carboxylic acids is 2. The van der Waals surface area contributed by atoms with E-state index < -0.39 is 11.8 Å². The molecule has 22 heavy (non-hydrogen) atoms. The summed E-state index contributed by atoms with van der Waals surface area (Å²) in [5, 5.41) is 0. The van der Waals surface area contributed by atoms with E-state index in [0.717, 1.165) is 5.69 Å². The van der Waals surface area contributed by atoms with E-state index in [1.807, 2.05) is 6.92 Å². The van der Waals surface area contributed by atoms with Gasteiger partial charge in [0, 0.05) is 35.3 Å². The molecule has 0 aliphatic rings. The maximum atomic E-state index is 12.0. The first-order valence-electron chi connectivity index (χ1n) is 6.72. The summed E-state index contributed by atoms with van der Waals surface area (Å²) in [7, 11) is 0. The molecule has 2 heterocycles. The minimum atomic E-state index is -0.456. The highest BCUT2D eigenvalue weighted by Gasteiger charge is 2.10. The predicted molar refractivity (Wildman–Crippen MR) is 79.3 cm³/mol. The summed E-state index contributed by atoms with van der Waals surface area (Å²) >= 11 is 0. The zero-order chi connectivity index (χ0) is 15.9. The third-order valence-electron chi connectivity index (χ3n) is 2.74. The van der Waals surface area contributed by atoms with Crippen molar-refractivity contribution in [2.24, 2.45) is 0 Å². The Hall–Kier alpha value is -2.96. The van der Waals surface area contributed by atoms with E-state index >= 15 is 0 Å². The fourth-order valence-electron chi connectivity index (χ4n) is 1.72. The Labute approximate surface area is 127 Å². The van der Waals surface area contributed by atoms with Crippen LogP contribution >= 0.6 is 0 Å². The van der Waals surface area contributed by atoms with Crippen molar-refractivity contribution in [3.63, 3.8) is 0 Å². The van der Waals surface area contributed by atoms with Crippen LogP contribution in [-0.2, 0) is 0 Å². The van der Waals surface area contributed by atoms with E-state index in [4.69, 9.17) is 4.74 Å². The topological polar surface area (TPSA) is 93.2 Å². The lowest BCUT2D eigenvalue weighted by atomic mass is 10.2. The van der Waals surface area contributed by atoms with Crippen LogP contribution in [0.4, 0.5) is 0 Å². The largest absolute Gasteiger partial charge is 0.478 e. The van der Waals surface area contributed by atoms with Crippen molar-refractivity contribution >= 4 is 11.8 Å². The number of carbonyl (C=O) groups is 2. The summed E-state index contributed by atoms with van der Waals surface area (Å²) < 4.78 is 5.22. The van der Waals surface area contributed by atoms with Crippen molar-refractivity contribution in [3.8, 4) is 5.88 Å². The monoisotopic (exact) mass is 300 g/mol. The number of aromatic nitrogens is 2. The second-order valence-corrected chi connectivity index (χ2v) is 4.41. The SMILES string of the molecule is CCOc1cc(C(=O)NNC(=O)c2ccnc(C)c2)ccn1. The van der Waals surface area contributed by atoms with E-state index in [1.54, 1.807) is 19.1 Å². The molecular weight excluding hydrogens is 284 g/mol. The lowest BCUT2D eigenvalue weighted by Crippen LogP contribution is -2.41. The third kappa shape index (κ3) is 4.02. The molecule has 0 radical (unpaired) electrons. The quantitative estimate of drug-likeness (QED) is 0.829. The molecule has 2 aromatic heterocycles. The molecule has 0 aliphatic carbocycles. The van der Waals surface area contributed by atoms with Crippen LogP contribution in [0.2, 0.25) is 0 Å². The molecule has 7 heteroatoms. The Kier molecular flexibility index (Phi) is 5.02. The van der Waals surface area contributed by atoms with Crippen LogP contribution in [0, 0.1) is 6.92 Å². The first kappa shape index (κ1) is 15.4. The maximum Gasteiger partial charge on any atom is 0.269 e. The zero-order valence-corrected chi connectivity index (χ0v) is 12.3. The molecule has 2 amide bonds. The van der Waals surface area contributed by atoms with E-state index in [9.17, 15) is 9.59 Å². The Morgan fingerprint density at radius 3 is 2.23 bits per heavy atom. The van der Waals surface area contributed by atoms with Gasteiger partial charge in [0.15, 0.2) is 0 Å². The molecule has 7 nitrogen and oxygen atoms in total. The average molecular weight is 300 g/mol. The van der Waals surface area contributed by atoms with Gasteiger partial charge in [-0.25, -0.2) is 4.98 Å². The van der Waals surface area contributed by atoms with Gasteiger partial charge >= 0.3 is 0 Å². The summed E-state index contributed by atoms with van der Waals surface area (Å²) in [6.07, 6.45) is 3.00. The van der Waals surface area contributed by atoms with Crippen LogP contribution in [0.3, 0.4) is 0 Å². The van der Waals surface area contributed by atoms with Crippen LogP contribution in [0.25, 0.3) is 0 Å². The van der Waals surface area contributed by atoms with Gasteiger partial charge in [0.25, 0.3) is 11.8 Å². The van der Waals surface area contributed by atoms with E-state index in [0.29, 0.717) is 23.6 Å². The highest BCUT2D eigenvalue weighted by molar-refractivity contribution is 5.99. The number of hydrogen-bond acceptors (Lipinski definition) is 5. The van der Waals surface area contributed by atoms with Crippen molar-refractivity contribution in [1.29, 1.82) is 0 Å². The molecule has 2 rings (SSSR count). The van der Waals surface area contributed by atoms with Gasteiger partial charge < -0.3 is 4.74 Å². The van der Waals surface area contributed by atoms with Gasteiger partial charge in [-0.1, -0.05) is 0 Å². The number of hydrazine groups is 1. The van der Waals surface area contributed by atoms with Crippen molar-refractivity contribution in [2.45, 2.75) is 13.8 Å². The third-order valence-corrected chi connectivity index (χ3v) is 2.74. The molecule has 2 aromatic rings. The fourth-order valence-corrected chi connectivity index (χ4v) is 1.72. The molecule has 0 bridgehead atoms. The van der Waals surface area contributed by atoms with E-state index in [2.05, 4.69) is 20.8 Å². The number of pyridine rings is 2. The van der Waals surface area contributed by atoms with Crippen LogP contribution in [0.1, 0.15) is 33.3 Å². The molecule has 0 unspecified atom stereocenters. The minimum absolute atomic E-state index is 0.338. The molecular formula is C15H16N4O3. The summed E-state index contributed by atoms with van der Waals surface area (Å²) in [6.45, 7) is 4.06. The van der Waals surface area contributed by atoms with Crippen LogP contribution in [0.15, 0.2) is 36.7 Å². The highest BCUT2D eigenvalue weighted by Crippen LogP contribution is 2.09. The predicted octanol–water partition coefficient (Wildman–Crippen LogP) is 1.26. The van der Waals surface area contributed by atoms with Crippen LogP contribution < -0.4 is 15.6 Å². The molecule has 0 spiro atoms. The molecule has 0 aromatic carbocycles. The van der Waals surface area contributed by atoms with Crippen LogP contribution in [-0.4, -0.2) is 28.4 Å². The molecule has 2 N–H and O–H groups in total. The van der Waals surface area contributed by atoms with E-state index in [-0.39, 0.29) is 0 Å². The molecule has 0 atom stereocenters. The molecule has 0 fully saturated rings. The molecule has 0 saturated heterocycles. The Bertz CT molecular complexity index is 688. The molecule has 0 saturated carbocycles. The summed E-state index contributed by atoms with van der Waals surface area (Å²) in [4.78, 5) is 31.9. The number of ether oxygens (including phenoxy) is 1. The van der Waals surface area contributed by atoms with Crippen molar-refractivity contribution in [3.05, 3.63) is 53.5 Å². The number of rotatable bonds is 4. The second-order valence-electron chi connectivity index (χ2n) is 4.41. The van der Waals surface area contributed by atoms with Crippen molar-refractivity contribution in [2.75, 3.05) is 6.61 Å². The van der Waals surface area contributed by atoms with Crippen LogP contribution in [0.5, 0.6) is 5.88 Å². The fraction of sp³-hybridized carbons (Fsp3) is 0.200. The van der Waals surface area contributed by atoms with Gasteiger partial charge in [0.1, 0.15) is 0 Å². The molecule has 0 aliphatic heterocycles. The van der Waals surface area contributed by atoms with Gasteiger partial charge in [0.2, 0.25) is 5.88 Å². The smallest absolute Gasteiger partial charge is 0.269 e. The number of amides is 2. The normalized spacial score (nSPS) is 9.91. The summed E-state index contributed by atoms with van der Waals surface area (Å²) in [5.41, 5.74) is 6.16. The lowest BCUT2D eigenvalue weighted by Gasteiger charge is -2.08. The minimum Gasteiger partial charge on any atom is -0.478 e. The van der Waals surface area contributed by atoms with E-state index in [1.165, 1.54) is 24.5 Å². The van der Waals surface area contributed by atoms with Gasteiger partial charge in [0.05, 0.1) is 6.61 Å². The highest BCUT2D eigenvalue weighted by atomic mass is 16.5. The first-order chi connectivity index (χ1) is 10.6. The number of hydrogen-bond donors (Lipinski definition) is 2. The van der Waals surface area contributed by atoms with Gasteiger partial charge in [-0.3, -0.25) is 25.4 Å². The van der Waals surface area contributed by atoms with Gasteiger partial charge in [-0.15, -0.1) is 0 Å². The zero-order valence-electron chi connectivity index (χ0n) is 12.3. The standard InChI is InChI=1S/C15H16N4O3/c1-3-22-13-9-12(5-7-17-13)15(21)19-18-14(20)11-4-6-16-10(2)8-11/h4-9H,3H2,1-2H3,(H,18,20)(H,19,21). The van der Waals surface area contributed by atoms with Gasteiger partial charge in [-0.05, 0) is 32.0 Å². The summed E-state index contributed by atoms with van der Waals surface area (Å²) in [5.74, 6) is -0.522. The maximum absolute atomic E-state index is 12.0. The Morgan fingerprint density at radius 1 is 1.05 bits per heavy atom. The molecule has 114 valence electrons. The Balaban J connectivity index is 1.97. The number of nitrogens with one attached hydrogen (secondary N) is 2. The van der Waals surface area contributed by atoms with Gasteiger partial charge in [-0.2, -0.15) is 0 Å². The first-order valence-corrected chi connectivity index (χ1v) is 6.72. The van der Waals surface area contributed by atoms with Crippen molar-refractivity contribution in [1.82, 2.24) is 20.8 Å². The Morgan fingerprint density at radius 2 is 1.64 bits per heavy atom. The average Bonchev–Trinajstić information content (AvgIpc) is 2.53. The number of aryl methyl sites for hydroxylation is 1. The lowest BCUT2D eigenvalue weighted by molar-refractivity contribution is 0.0846. The summed E-state index contributed by atoms with van der Waals surface area (Å²) in [6, 6.07) is 6.22. The van der Waals surface area contributed by atoms with Crippen molar-refractivity contribution < 1.29 is 14.3 Å². The number of nitrogens with zero attached hydrogens (tertiary/aromatic N) is 2.